The van der Waals surface area contributed by atoms with Crippen molar-refractivity contribution in [3.8, 4) is 0 Å². The molecular weight excluding hydrogens is 280 g/mol. The molecule has 2 heteroatoms. The van der Waals surface area contributed by atoms with Gasteiger partial charge in [-0.1, -0.05) is 50.2 Å². The molecule has 2 nitrogen and oxygen atoms in total. The molecule has 2 aromatic rings. The van der Waals surface area contributed by atoms with Crippen LogP contribution in [0.2, 0.25) is 0 Å². The Balaban J connectivity index is 1.82. The number of anilines is 2. The molecule has 0 bridgehead atoms. The van der Waals surface area contributed by atoms with E-state index in [-0.39, 0.29) is 0 Å². The third-order valence-corrected chi connectivity index (χ3v) is 5.57. The van der Waals surface area contributed by atoms with Crippen molar-refractivity contribution in [1.82, 2.24) is 5.32 Å². The van der Waals surface area contributed by atoms with Crippen LogP contribution < -0.4 is 10.2 Å². The third-order valence-electron chi connectivity index (χ3n) is 5.57. The molecule has 1 N–H and O–H groups in total. The van der Waals surface area contributed by atoms with Gasteiger partial charge in [-0.3, -0.25) is 0 Å². The largest absolute Gasteiger partial charge is 0.337 e. The van der Waals surface area contributed by atoms with E-state index in [4.69, 9.17) is 0 Å². The van der Waals surface area contributed by atoms with Crippen molar-refractivity contribution in [2.75, 3.05) is 18.0 Å². The Hall–Kier alpha value is -1.80. The molecule has 4 rings (SSSR count). The quantitative estimate of drug-likeness (QED) is 0.842. The average molecular weight is 306 g/mol. The van der Waals surface area contributed by atoms with E-state index in [9.17, 15) is 0 Å². The van der Waals surface area contributed by atoms with Crippen LogP contribution >= 0.6 is 0 Å². The first-order valence-electron chi connectivity index (χ1n) is 9.01. The lowest BCUT2D eigenvalue weighted by Gasteiger charge is -2.31. The van der Waals surface area contributed by atoms with Crippen molar-refractivity contribution < 1.29 is 0 Å². The number of rotatable bonds is 4. The van der Waals surface area contributed by atoms with E-state index in [1.807, 2.05) is 0 Å². The van der Waals surface area contributed by atoms with E-state index in [0.29, 0.717) is 12.0 Å². The number of aryl methyl sites for hydroxylation is 2. The molecule has 0 spiro atoms. The van der Waals surface area contributed by atoms with Gasteiger partial charge in [0.25, 0.3) is 0 Å². The predicted molar refractivity (Wildman–Crippen MR) is 97.8 cm³/mol. The van der Waals surface area contributed by atoms with Crippen LogP contribution in [0.15, 0.2) is 42.5 Å². The molecule has 0 aromatic heterocycles. The SMILES string of the molecule is CCNCC[C@H]1[C@H](C)c2cccc3c2N1c1ccccc1CC3. The standard InChI is InChI=1S/C21H26N2/c1-3-22-14-13-19-15(2)18-9-6-8-17-12-11-16-7-4-5-10-20(16)23(19)21(17)18/h4-10,15,19,22H,3,11-14H2,1-2H3/t15-,19+/m1/s1. The maximum Gasteiger partial charge on any atom is 0.0482 e. The number of nitrogens with zero attached hydrogens (tertiary/aromatic N) is 1. The summed E-state index contributed by atoms with van der Waals surface area (Å²) < 4.78 is 0. The molecule has 0 unspecified atom stereocenters. The lowest BCUT2D eigenvalue weighted by Crippen LogP contribution is -2.33. The van der Waals surface area contributed by atoms with Gasteiger partial charge in [0.2, 0.25) is 0 Å². The van der Waals surface area contributed by atoms with Crippen LogP contribution in [0.3, 0.4) is 0 Å². The third kappa shape index (κ3) is 2.36. The first kappa shape index (κ1) is 14.8. The summed E-state index contributed by atoms with van der Waals surface area (Å²) in [6.45, 7) is 6.74. The van der Waals surface area contributed by atoms with Gasteiger partial charge in [-0.05, 0) is 55.1 Å². The molecule has 2 aliphatic heterocycles. The molecule has 120 valence electrons. The van der Waals surface area contributed by atoms with E-state index in [2.05, 4.69) is 66.5 Å². The highest BCUT2D eigenvalue weighted by atomic mass is 15.2. The van der Waals surface area contributed by atoms with Crippen LogP contribution in [-0.2, 0) is 12.8 Å². The van der Waals surface area contributed by atoms with E-state index in [1.165, 1.54) is 28.9 Å². The zero-order chi connectivity index (χ0) is 15.8. The Morgan fingerprint density at radius 1 is 1.04 bits per heavy atom. The highest BCUT2D eigenvalue weighted by molar-refractivity contribution is 5.78. The summed E-state index contributed by atoms with van der Waals surface area (Å²) in [5.41, 5.74) is 7.50. The second-order valence-electron chi connectivity index (χ2n) is 6.85. The summed E-state index contributed by atoms with van der Waals surface area (Å²) in [5, 5.41) is 3.51. The minimum atomic E-state index is 0.560. The molecule has 0 saturated carbocycles. The summed E-state index contributed by atoms with van der Waals surface area (Å²) in [4.78, 5) is 2.66. The molecule has 2 aliphatic rings. The second-order valence-corrected chi connectivity index (χ2v) is 6.85. The normalized spacial score (nSPS) is 21.7. The van der Waals surface area contributed by atoms with Gasteiger partial charge in [0.1, 0.15) is 0 Å². The molecule has 0 fully saturated rings. The molecule has 23 heavy (non-hydrogen) atoms. The number of para-hydroxylation sites is 2. The van der Waals surface area contributed by atoms with Gasteiger partial charge in [-0.15, -0.1) is 0 Å². The Bertz CT molecular complexity index is 707. The van der Waals surface area contributed by atoms with Crippen molar-refractivity contribution in [2.24, 2.45) is 0 Å². The number of hydrogen-bond acceptors (Lipinski definition) is 2. The fourth-order valence-electron chi connectivity index (χ4n) is 4.40. The minimum absolute atomic E-state index is 0.560. The highest BCUT2D eigenvalue weighted by Gasteiger charge is 2.39. The van der Waals surface area contributed by atoms with Crippen LogP contribution in [0, 0.1) is 0 Å². The zero-order valence-corrected chi connectivity index (χ0v) is 14.2. The predicted octanol–water partition coefficient (Wildman–Crippen LogP) is 4.41. The lowest BCUT2D eigenvalue weighted by molar-refractivity contribution is 0.524. The Morgan fingerprint density at radius 3 is 2.70 bits per heavy atom. The van der Waals surface area contributed by atoms with Crippen LogP contribution in [-0.4, -0.2) is 19.1 Å². The molecule has 0 amide bonds. The Labute approximate surface area is 139 Å². The van der Waals surface area contributed by atoms with Crippen molar-refractivity contribution in [3.05, 3.63) is 59.2 Å². The van der Waals surface area contributed by atoms with Gasteiger partial charge < -0.3 is 10.2 Å². The van der Waals surface area contributed by atoms with E-state index in [1.54, 1.807) is 5.56 Å². The first-order chi connectivity index (χ1) is 11.3. The molecule has 2 atom stereocenters. The minimum Gasteiger partial charge on any atom is -0.337 e. The number of nitrogens with one attached hydrogen (secondary N) is 1. The molecule has 2 aromatic carbocycles. The summed E-state index contributed by atoms with van der Waals surface area (Å²) >= 11 is 0. The fraction of sp³-hybridized carbons (Fsp3) is 0.429. The van der Waals surface area contributed by atoms with Crippen molar-refractivity contribution >= 4 is 11.4 Å². The van der Waals surface area contributed by atoms with Gasteiger partial charge in [-0.2, -0.15) is 0 Å². The second kappa shape index (κ2) is 6.01. The molecule has 0 aliphatic carbocycles. The number of fused-ring (bicyclic) bond motifs is 2. The van der Waals surface area contributed by atoms with Crippen LogP contribution in [0.1, 0.15) is 42.9 Å². The molecule has 0 radical (unpaired) electrons. The maximum absolute atomic E-state index is 3.51. The average Bonchev–Trinajstić information content (AvgIpc) is 2.76. The van der Waals surface area contributed by atoms with Crippen LogP contribution in [0.5, 0.6) is 0 Å². The molecule has 2 heterocycles. The fourth-order valence-corrected chi connectivity index (χ4v) is 4.40. The maximum atomic E-state index is 3.51. The zero-order valence-electron chi connectivity index (χ0n) is 14.2. The van der Waals surface area contributed by atoms with E-state index >= 15 is 0 Å². The van der Waals surface area contributed by atoms with Crippen molar-refractivity contribution in [1.29, 1.82) is 0 Å². The summed E-state index contributed by atoms with van der Waals surface area (Å²) in [7, 11) is 0. The summed E-state index contributed by atoms with van der Waals surface area (Å²) in [6, 6.07) is 16.5. The first-order valence-corrected chi connectivity index (χ1v) is 9.01. The monoisotopic (exact) mass is 306 g/mol. The van der Waals surface area contributed by atoms with Gasteiger partial charge >= 0.3 is 0 Å². The van der Waals surface area contributed by atoms with Gasteiger partial charge in [0.05, 0.1) is 0 Å². The van der Waals surface area contributed by atoms with Crippen LogP contribution in [0.4, 0.5) is 11.4 Å². The van der Waals surface area contributed by atoms with Crippen molar-refractivity contribution in [3.63, 3.8) is 0 Å². The number of hydrogen-bond donors (Lipinski definition) is 1. The highest BCUT2D eigenvalue weighted by Crippen LogP contribution is 2.50. The summed E-state index contributed by atoms with van der Waals surface area (Å²) in [5.74, 6) is 0.592. The van der Waals surface area contributed by atoms with E-state index in [0.717, 1.165) is 25.9 Å². The van der Waals surface area contributed by atoms with Crippen molar-refractivity contribution in [2.45, 2.75) is 45.1 Å². The molecular formula is C21H26N2. The smallest absolute Gasteiger partial charge is 0.0482 e. The van der Waals surface area contributed by atoms with Gasteiger partial charge in [0, 0.05) is 23.3 Å². The Morgan fingerprint density at radius 2 is 1.83 bits per heavy atom. The summed E-state index contributed by atoms with van der Waals surface area (Å²) in [6.07, 6.45) is 3.50. The van der Waals surface area contributed by atoms with Gasteiger partial charge in [0.15, 0.2) is 0 Å². The lowest BCUT2D eigenvalue weighted by atomic mass is 9.92. The van der Waals surface area contributed by atoms with E-state index < -0.39 is 0 Å². The Kier molecular flexibility index (Phi) is 3.86. The van der Waals surface area contributed by atoms with Crippen LogP contribution in [0.25, 0.3) is 0 Å². The van der Waals surface area contributed by atoms with Gasteiger partial charge in [-0.25, -0.2) is 0 Å². The number of benzene rings is 2. The molecule has 0 saturated heterocycles. The topological polar surface area (TPSA) is 15.3 Å².